The van der Waals surface area contributed by atoms with E-state index in [4.69, 9.17) is 0 Å². The quantitative estimate of drug-likeness (QED) is 0.149. The number of rotatable bonds is 1. The Hall–Kier alpha value is -6.14. The van der Waals surface area contributed by atoms with Crippen LogP contribution in [0.1, 0.15) is 103 Å². The summed E-state index contributed by atoms with van der Waals surface area (Å²) >= 11 is 3.95. The van der Waals surface area contributed by atoms with Gasteiger partial charge >= 0.3 is 6.85 Å². The number of hydrogen-bond acceptors (Lipinski definition) is 3. The molecule has 0 saturated carbocycles. The topological polar surface area (TPSA) is 8.17 Å². The molecule has 15 rings (SSSR count). The Morgan fingerprint density at radius 2 is 1.21 bits per heavy atom. The minimum Gasteiger partial charge on any atom is -0.376 e. The lowest BCUT2D eigenvalue weighted by atomic mass is 9.43. The second-order valence-electron chi connectivity index (χ2n) is 23.5. The Balaban J connectivity index is 1.20. The van der Waals surface area contributed by atoms with Crippen molar-refractivity contribution in [3.8, 4) is 27.9 Å². The van der Waals surface area contributed by atoms with Crippen LogP contribution in [0.2, 0.25) is 0 Å². The lowest BCUT2D eigenvalue weighted by molar-refractivity contribution is 0.332. The minimum absolute atomic E-state index is 0.0340. The first-order valence-corrected chi connectivity index (χ1v) is 26.4. The summed E-state index contributed by atoms with van der Waals surface area (Å²) in [5.74, 6) is 0. The monoisotopic (exact) mass is 912 g/mol. The average molecular weight is 913 g/mol. The van der Waals surface area contributed by atoms with Gasteiger partial charge in [-0.1, -0.05) is 135 Å². The zero-order chi connectivity index (χ0) is 46.1. The molecular weight excluding hydrogens is 860 g/mol. The lowest BCUT2D eigenvalue weighted by Gasteiger charge is -2.43. The molecule has 0 atom stereocenters. The molecule has 2 aliphatic heterocycles. The summed E-state index contributed by atoms with van der Waals surface area (Å²) in [5, 5.41) is 8.28. The summed E-state index contributed by atoms with van der Waals surface area (Å²) < 4.78 is 8.23. The van der Waals surface area contributed by atoms with Gasteiger partial charge in [-0.25, -0.2) is 0 Å². The fourth-order valence-corrected chi connectivity index (χ4v) is 16.1. The smallest absolute Gasteiger partial charge is 0.333 e. The average Bonchev–Trinajstić information content (AvgIpc) is 4.05. The summed E-state index contributed by atoms with van der Waals surface area (Å²) in [6.07, 6.45) is 2.36. The van der Waals surface area contributed by atoms with Crippen molar-refractivity contribution in [3.05, 3.63) is 161 Å². The summed E-state index contributed by atoms with van der Waals surface area (Å²) in [4.78, 5) is 2.77. The van der Waals surface area contributed by atoms with Crippen molar-refractivity contribution in [2.24, 2.45) is 0 Å². The summed E-state index contributed by atoms with van der Waals surface area (Å²) in [7, 11) is 0. The molecule has 0 fully saturated rings. The van der Waals surface area contributed by atoms with Crippen LogP contribution in [0, 0.1) is 0 Å². The molecule has 0 bridgehead atoms. The van der Waals surface area contributed by atoms with E-state index in [1.807, 2.05) is 22.7 Å². The molecule has 68 heavy (non-hydrogen) atoms. The van der Waals surface area contributed by atoms with Crippen molar-refractivity contribution in [3.63, 3.8) is 0 Å². The number of hydrogen-bond donors (Lipinski definition) is 0. The molecule has 5 heterocycles. The van der Waals surface area contributed by atoms with E-state index in [2.05, 4.69) is 205 Å². The molecule has 5 heteroatoms. The van der Waals surface area contributed by atoms with E-state index >= 15 is 0 Å². The third-order valence-electron chi connectivity index (χ3n) is 17.4. The summed E-state index contributed by atoms with van der Waals surface area (Å²) in [5.41, 5.74) is 22.1. The van der Waals surface area contributed by atoms with Gasteiger partial charge in [0.2, 0.25) is 0 Å². The molecule has 2 nitrogen and oxygen atoms in total. The third-order valence-corrected chi connectivity index (χ3v) is 19.7. The van der Waals surface area contributed by atoms with Gasteiger partial charge in [0.15, 0.2) is 0 Å². The lowest BCUT2D eigenvalue weighted by Crippen LogP contribution is -2.60. The van der Waals surface area contributed by atoms with Crippen LogP contribution >= 0.6 is 22.7 Å². The van der Waals surface area contributed by atoms with Gasteiger partial charge in [0.25, 0.3) is 0 Å². The maximum atomic E-state index is 2.77. The van der Waals surface area contributed by atoms with E-state index < -0.39 is 0 Å². The van der Waals surface area contributed by atoms with E-state index in [0.29, 0.717) is 0 Å². The van der Waals surface area contributed by atoms with E-state index in [1.54, 1.807) is 0 Å². The van der Waals surface area contributed by atoms with Gasteiger partial charge in [0.05, 0.1) is 11.0 Å². The zero-order valence-electron chi connectivity index (χ0n) is 40.4. The zero-order valence-corrected chi connectivity index (χ0v) is 42.0. The standard InChI is InChI=1S/C63H53BN2S2/c1-60(2,3)34-22-24-35(25-23-34)66-49-30-39-36-16-10-13-19-43(36)63(8,9)44(39)28-42(49)54-55-38-18-12-15-21-52(38)68-59(55)56-41-29-45-46(62(6,7)27-26-61(45,4)5)32-48(41)65-50-31-40-37-17-11-14-20-51(37)67-53(40)33-47(50)64(66)57(54)58(56)65/h10-25,28-33H,26-27H2,1-9H3. The van der Waals surface area contributed by atoms with Crippen molar-refractivity contribution in [2.75, 3.05) is 4.81 Å². The summed E-state index contributed by atoms with van der Waals surface area (Å²) in [6.45, 7) is 21.7. The fraction of sp³-hybridized carbons (Fsp3) is 0.238. The highest BCUT2D eigenvalue weighted by molar-refractivity contribution is 7.27. The Bertz CT molecular complexity index is 4110. The number of anilines is 2. The van der Waals surface area contributed by atoms with Crippen LogP contribution in [0.25, 0.3) is 90.1 Å². The van der Waals surface area contributed by atoms with Gasteiger partial charge in [0, 0.05) is 79.2 Å². The van der Waals surface area contributed by atoms with Crippen LogP contribution in [0.5, 0.6) is 0 Å². The van der Waals surface area contributed by atoms with E-state index in [0.717, 1.165) is 0 Å². The van der Waals surface area contributed by atoms with Crippen molar-refractivity contribution < 1.29 is 0 Å². The molecule has 0 N–H and O–H groups in total. The fourth-order valence-electron chi connectivity index (χ4n) is 13.6. The van der Waals surface area contributed by atoms with E-state index in [9.17, 15) is 0 Å². The second-order valence-corrected chi connectivity index (χ2v) is 25.6. The van der Waals surface area contributed by atoms with Gasteiger partial charge in [-0.3, -0.25) is 0 Å². The van der Waals surface area contributed by atoms with Crippen LogP contribution in [-0.4, -0.2) is 11.4 Å². The molecule has 4 aliphatic rings. The third kappa shape index (κ3) is 4.89. The van der Waals surface area contributed by atoms with Gasteiger partial charge in [-0.2, -0.15) is 0 Å². The predicted octanol–water partition coefficient (Wildman–Crippen LogP) is 16.7. The second kappa shape index (κ2) is 12.7. The maximum Gasteiger partial charge on any atom is 0.333 e. The summed E-state index contributed by atoms with van der Waals surface area (Å²) in [6, 6.07) is 52.9. The first-order valence-electron chi connectivity index (χ1n) is 24.7. The minimum atomic E-state index is -0.152. The molecule has 330 valence electrons. The molecule has 8 aromatic carbocycles. The van der Waals surface area contributed by atoms with Crippen molar-refractivity contribution >= 4 is 114 Å². The Morgan fingerprint density at radius 1 is 0.529 bits per heavy atom. The highest BCUT2D eigenvalue weighted by Crippen LogP contribution is 2.58. The highest BCUT2D eigenvalue weighted by atomic mass is 32.1. The predicted molar refractivity (Wildman–Crippen MR) is 297 cm³/mol. The van der Waals surface area contributed by atoms with Crippen molar-refractivity contribution in [1.82, 2.24) is 4.57 Å². The molecule has 0 amide bonds. The molecule has 0 spiro atoms. The van der Waals surface area contributed by atoms with Crippen molar-refractivity contribution in [2.45, 2.75) is 96.8 Å². The number of nitrogens with zero attached hydrogens (tertiary/aromatic N) is 2. The van der Waals surface area contributed by atoms with E-state index in [-0.39, 0.29) is 28.5 Å². The SMILES string of the molecule is CC(C)(C)c1ccc(N2B3c4cc5sc6ccccc6c5cc4-n4c5cc6c(cc5c5c7sc8ccccc8c7c(c3c54)-c3cc4c(cc32)-c2ccccc2C4(C)C)C(C)(C)CCC6(C)C)cc1. The first kappa shape index (κ1) is 39.8. The molecular formula is C63H53BN2S2. The van der Waals surface area contributed by atoms with Crippen LogP contribution < -0.4 is 15.7 Å². The molecule has 0 unspecified atom stereocenters. The highest BCUT2D eigenvalue weighted by Gasteiger charge is 2.48. The number of aromatic nitrogens is 1. The Kier molecular flexibility index (Phi) is 7.46. The van der Waals surface area contributed by atoms with Crippen molar-refractivity contribution in [1.29, 1.82) is 0 Å². The Morgan fingerprint density at radius 3 is 1.96 bits per heavy atom. The van der Waals surface area contributed by atoms with Crippen LogP contribution in [-0.2, 0) is 21.7 Å². The van der Waals surface area contributed by atoms with E-state index in [1.165, 1.54) is 153 Å². The normalized spacial score (nSPS) is 17.1. The number of thiophene rings is 2. The van der Waals surface area contributed by atoms with Crippen LogP contribution in [0.15, 0.2) is 133 Å². The van der Waals surface area contributed by atoms with Crippen LogP contribution in [0.4, 0.5) is 11.4 Å². The molecule has 3 aromatic heterocycles. The molecule has 0 saturated heterocycles. The maximum absolute atomic E-state index is 2.77. The molecule has 11 aromatic rings. The van der Waals surface area contributed by atoms with Gasteiger partial charge in [-0.05, 0) is 145 Å². The van der Waals surface area contributed by atoms with Gasteiger partial charge in [-0.15, -0.1) is 22.7 Å². The number of fused-ring (bicyclic) bond motifs is 20. The van der Waals surface area contributed by atoms with Gasteiger partial charge in [0.1, 0.15) is 0 Å². The Labute approximate surface area is 407 Å². The number of benzene rings is 8. The largest absolute Gasteiger partial charge is 0.376 e. The van der Waals surface area contributed by atoms with Crippen LogP contribution in [0.3, 0.4) is 0 Å². The first-order chi connectivity index (χ1) is 32.6. The molecule has 0 radical (unpaired) electrons. The molecule has 2 aliphatic carbocycles. The van der Waals surface area contributed by atoms with Gasteiger partial charge < -0.3 is 9.38 Å².